The molecular weight excluding hydrogens is 510 g/mol. The molecule has 1 saturated heterocycles. The van der Waals surface area contributed by atoms with E-state index in [1.165, 1.54) is 6.92 Å². The van der Waals surface area contributed by atoms with Crippen molar-refractivity contribution >= 4 is 5.91 Å². The molecule has 0 unspecified atom stereocenters. The van der Waals surface area contributed by atoms with Crippen LogP contribution in [0, 0.1) is 5.92 Å². The number of hydrogen-bond acceptors (Lipinski definition) is 3. The second-order valence-corrected chi connectivity index (χ2v) is 10.4. The van der Waals surface area contributed by atoms with Crippen LogP contribution >= 0.6 is 0 Å². The van der Waals surface area contributed by atoms with E-state index in [1.54, 1.807) is 0 Å². The van der Waals surface area contributed by atoms with Gasteiger partial charge in [0.25, 0.3) is 0 Å². The Labute approximate surface area is 218 Å². The van der Waals surface area contributed by atoms with Crippen LogP contribution in [-0.4, -0.2) is 36.0 Å². The van der Waals surface area contributed by atoms with Crippen molar-refractivity contribution in [1.29, 1.82) is 0 Å². The first-order valence-electron chi connectivity index (χ1n) is 12.9. The van der Waals surface area contributed by atoms with Crippen LogP contribution in [0.25, 0.3) is 0 Å². The first-order valence-corrected chi connectivity index (χ1v) is 12.9. The molecular formula is C28H32F6N2O2. The van der Waals surface area contributed by atoms with E-state index in [0.717, 1.165) is 31.2 Å². The zero-order valence-electron chi connectivity index (χ0n) is 21.1. The van der Waals surface area contributed by atoms with Crippen LogP contribution in [0.5, 0.6) is 0 Å². The molecule has 2 aromatic carbocycles. The third-order valence-corrected chi connectivity index (χ3v) is 7.67. The smallest absolute Gasteiger partial charge is 0.370 e. The normalized spacial score (nSPS) is 25.7. The Morgan fingerprint density at radius 3 is 2.05 bits per heavy atom. The van der Waals surface area contributed by atoms with E-state index >= 15 is 0 Å². The van der Waals surface area contributed by atoms with Gasteiger partial charge in [0.05, 0.1) is 23.3 Å². The predicted molar refractivity (Wildman–Crippen MR) is 130 cm³/mol. The molecule has 3 atom stereocenters. The average Bonchev–Trinajstić information content (AvgIpc) is 2.88. The van der Waals surface area contributed by atoms with E-state index in [9.17, 15) is 31.1 Å². The number of amides is 1. The summed E-state index contributed by atoms with van der Waals surface area (Å²) in [5, 5.41) is 0. The fraction of sp³-hybridized carbons (Fsp3) is 0.536. The van der Waals surface area contributed by atoms with Gasteiger partial charge in [-0.2, -0.15) is 26.3 Å². The summed E-state index contributed by atoms with van der Waals surface area (Å²) in [6.45, 7) is 2.22. The summed E-state index contributed by atoms with van der Waals surface area (Å²) in [7, 11) is 0. The van der Waals surface area contributed by atoms with Gasteiger partial charge in [-0.05, 0) is 68.4 Å². The van der Waals surface area contributed by atoms with Crippen LogP contribution in [0.2, 0.25) is 0 Å². The lowest BCUT2D eigenvalue weighted by atomic mass is 9.83. The van der Waals surface area contributed by atoms with E-state index < -0.39 is 35.7 Å². The highest BCUT2D eigenvalue weighted by Gasteiger charge is 2.39. The van der Waals surface area contributed by atoms with Crippen LogP contribution in [0.3, 0.4) is 0 Å². The Bertz CT molecular complexity index is 1060. The van der Waals surface area contributed by atoms with Crippen molar-refractivity contribution in [3.63, 3.8) is 0 Å². The van der Waals surface area contributed by atoms with Crippen molar-refractivity contribution in [2.24, 2.45) is 11.7 Å². The van der Waals surface area contributed by atoms with Crippen molar-refractivity contribution < 1.29 is 35.9 Å². The summed E-state index contributed by atoms with van der Waals surface area (Å²) in [6.07, 6.45) is -7.92. The second kappa shape index (κ2) is 11.3. The van der Waals surface area contributed by atoms with Crippen LogP contribution in [0.4, 0.5) is 26.3 Å². The highest BCUT2D eigenvalue weighted by molar-refractivity contribution is 5.79. The van der Waals surface area contributed by atoms with Gasteiger partial charge < -0.3 is 15.4 Å². The molecule has 1 amide bonds. The molecule has 2 N–H and O–H groups in total. The summed E-state index contributed by atoms with van der Waals surface area (Å²) in [6, 6.07) is 11.0. The SMILES string of the molecule is C[C@@H](O[C@@H]1CCN(C(=O)C2CCC(N)CC2)C[C@@H]1c1ccccc1)c1cc(C(F)(F)F)cc(C(F)(F)F)c1. The molecule has 208 valence electrons. The van der Waals surface area contributed by atoms with Gasteiger partial charge in [-0.1, -0.05) is 30.3 Å². The lowest BCUT2D eigenvalue weighted by Crippen LogP contribution is -2.48. The number of likely N-dealkylation sites (tertiary alicyclic amines) is 1. The molecule has 1 saturated carbocycles. The number of benzene rings is 2. The zero-order valence-corrected chi connectivity index (χ0v) is 21.1. The number of piperidine rings is 1. The van der Waals surface area contributed by atoms with Gasteiger partial charge in [0.1, 0.15) is 0 Å². The van der Waals surface area contributed by atoms with Crippen molar-refractivity contribution in [3.8, 4) is 0 Å². The number of carbonyl (C=O) groups excluding carboxylic acids is 1. The summed E-state index contributed by atoms with van der Waals surface area (Å²) >= 11 is 0. The highest BCUT2D eigenvalue weighted by Crippen LogP contribution is 2.40. The molecule has 1 heterocycles. The Kier molecular flexibility index (Phi) is 8.42. The topological polar surface area (TPSA) is 55.6 Å². The summed E-state index contributed by atoms with van der Waals surface area (Å²) in [5.41, 5.74) is 3.94. The van der Waals surface area contributed by atoms with Gasteiger partial charge in [-0.25, -0.2) is 0 Å². The summed E-state index contributed by atoms with van der Waals surface area (Å²) < 4.78 is 86.5. The fourth-order valence-corrected chi connectivity index (χ4v) is 5.49. The molecule has 1 aliphatic carbocycles. The molecule has 0 radical (unpaired) electrons. The molecule has 1 aliphatic heterocycles. The molecule has 0 bridgehead atoms. The maximum Gasteiger partial charge on any atom is 0.416 e. The number of alkyl halides is 6. The minimum absolute atomic E-state index is 0.0667. The number of hydrogen-bond donors (Lipinski definition) is 1. The van der Waals surface area contributed by atoms with Gasteiger partial charge >= 0.3 is 12.4 Å². The third kappa shape index (κ3) is 6.69. The Balaban J connectivity index is 1.56. The van der Waals surface area contributed by atoms with E-state index in [4.69, 9.17) is 10.5 Å². The molecule has 2 fully saturated rings. The molecule has 38 heavy (non-hydrogen) atoms. The van der Waals surface area contributed by atoms with Crippen LogP contribution < -0.4 is 5.73 Å². The number of halogens is 6. The van der Waals surface area contributed by atoms with Gasteiger partial charge in [0.15, 0.2) is 0 Å². The summed E-state index contributed by atoms with van der Waals surface area (Å²) in [5.74, 6) is -0.305. The quantitative estimate of drug-likeness (QED) is 0.428. The number of nitrogens with zero attached hydrogens (tertiary/aromatic N) is 1. The monoisotopic (exact) mass is 542 g/mol. The van der Waals surface area contributed by atoms with Gasteiger partial charge in [0, 0.05) is 31.0 Å². The lowest BCUT2D eigenvalue weighted by molar-refractivity contribution is -0.143. The Hall–Kier alpha value is -2.59. The van der Waals surface area contributed by atoms with Gasteiger partial charge in [-0.15, -0.1) is 0 Å². The number of nitrogens with two attached hydrogens (primary N) is 1. The van der Waals surface area contributed by atoms with Crippen molar-refractivity contribution in [3.05, 3.63) is 70.8 Å². The number of ether oxygens (including phenoxy) is 1. The van der Waals surface area contributed by atoms with Crippen molar-refractivity contribution in [1.82, 2.24) is 4.90 Å². The largest absolute Gasteiger partial charge is 0.416 e. The molecule has 10 heteroatoms. The second-order valence-electron chi connectivity index (χ2n) is 10.4. The molecule has 0 spiro atoms. The maximum atomic E-state index is 13.4. The summed E-state index contributed by atoms with van der Waals surface area (Å²) in [4.78, 5) is 15.1. The molecule has 2 aliphatic rings. The fourth-order valence-electron chi connectivity index (χ4n) is 5.49. The third-order valence-electron chi connectivity index (χ3n) is 7.67. The number of rotatable bonds is 5. The predicted octanol–water partition coefficient (Wildman–Crippen LogP) is 6.70. The first kappa shape index (κ1) is 28.4. The minimum Gasteiger partial charge on any atom is -0.370 e. The molecule has 0 aromatic heterocycles. The number of carbonyl (C=O) groups is 1. The standard InChI is InChI=1S/C28H32F6N2O2/c1-17(20-13-21(27(29,30)31)15-22(14-20)28(32,33)34)38-25-11-12-36(16-24(25)18-5-3-2-4-6-18)26(37)19-7-9-23(35)10-8-19/h2-6,13-15,17,19,23-25H,7-12,16,35H2,1H3/t17-,19?,23?,24-,25-/m1/s1. The van der Waals surface area contributed by atoms with Gasteiger partial charge in [-0.3, -0.25) is 4.79 Å². The van der Waals surface area contributed by atoms with Crippen LogP contribution in [0.1, 0.15) is 73.3 Å². The Morgan fingerprint density at radius 2 is 1.50 bits per heavy atom. The van der Waals surface area contributed by atoms with Gasteiger partial charge in [0.2, 0.25) is 5.91 Å². The van der Waals surface area contributed by atoms with E-state index in [-0.39, 0.29) is 35.4 Å². The van der Waals surface area contributed by atoms with Crippen LogP contribution in [-0.2, 0) is 21.9 Å². The van der Waals surface area contributed by atoms with Crippen molar-refractivity contribution in [2.45, 2.75) is 75.5 Å². The van der Waals surface area contributed by atoms with E-state index in [2.05, 4.69) is 0 Å². The lowest BCUT2D eigenvalue weighted by Gasteiger charge is -2.41. The highest BCUT2D eigenvalue weighted by atomic mass is 19.4. The minimum atomic E-state index is -4.93. The van der Waals surface area contributed by atoms with Crippen molar-refractivity contribution in [2.75, 3.05) is 13.1 Å². The van der Waals surface area contributed by atoms with Crippen LogP contribution in [0.15, 0.2) is 48.5 Å². The van der Waals surface area contributed by atoms with E-state index in [1.807, 2.05) is 35.2 Å². The first-order chi connectivity index (χ1) is 17.8. The zero-order chi connectivity index (χ0) is 27.7. The molecule has 4 rings (SSSR count). The Morgan fingerprint density at radius 1 is 0.921 bits per heavy atom. The maximum absolute atomic E-state index is 13.4. The van der Waals surface area contributed by atoms with E-state index in [0.29, 0.717) is 31.6 Å². The molecule has 2 aromatic rings. The molecule has 4 nitrogen and oxygen atoms in total. The average molecular weight is 543 g/mol.